The van der Waals surface area contributed by atoms with Crippen LogP contribution in [0.2, 0.25) is 0 Å². The molecule has 0 aliphatic carbocycles. The average molecular weight is 214 g/mol. The molecule has 76 valence electrons. The fourth-order valence-electron chi connectivity index (χ4n) is 0.928. The van der Waals surface area contributed by atoms with Crippen molar-refractivity contribution in [3.05, 3.63) is 0 Å². The monoisotopic (exact) mass is 214 g/mol. The number of rotatable bonds is 5. The van der Waals surface area contributed by atoms with E-state index in [0.717, 1.165) is 0 Å². The first-order valence-corrected chi connectivity index (χ1v) is 3.55. The van der Waals surface area contributed by atoms with Crippen molar-refractivity contribution in [1.29, 1.82) is 0 Å². The van der Waals surface area contributed by atoms with Crippen LogP contribution in [0, 0.1) is 5.41 Å². The van der Waals surface area contributed by atoms with Crippen molar-refractivity contribution in [2.24, 2.45) is 5.41 Å². The Morgan fingerprint density at radius 2 is 1.50 bits per heavy atom. The molecular formula is C7H11NaO6. The predicted molar refractivity (Wildman–Crippen MR) is 41.4 cm³/mol. The Labute approximate surface area is 104 Å². The zero-order chi connectivity index (χ0) is 10.6. The van der Waals surface area contributed by atoms with Crippen molar-refractivity contribution in [3.8, 4) is 0 Å². The zero-order valence-electron chi connectivity index (χ0n) is 8.98. The molecule has 0 radical (unpaired) electrons. The summed E-state index contributed by atoms with van der Waals surface area (Å²) in [4.78, 5) is 31.4. The van der Waals surface area contributed by atoms with E-state index in [0.29, 0.717) is 0 Å². The summed E-state index contributed by atoms with van der Waals surface area (Å²) < 4.78 is 0. The van der Waals surface area contributed by atoms with Gasteiger partial charge < -0.3 is 16.7 Å². The van der Waals surface area contributed by atoms with Crippen molar-refractivity contribution in [1.82, 2.24) is 0 Å². The molecule has 0 rings (SSSR count). The first-order chi connectivity index (χ1) is 5.86. The van der Waals surface area contributed by atoms with E-state index in [1.807, 2.05) is 0 Å². The number of carboxylic acid groups (broad SMARTS) is 3. The van der Waals surface area contributed by atoms with Crippen LogP contribution in [0.3, 0.4) is 0 Å². The van der Waals surface area contributed by atoms with Crippen molar-refractivity contribution in [2.45, 2.75) is 19.8 Å². The normalized spacial score (nSPS) is 10.1. The third-order valence-electron chi connectivity index (χ3n) is 1.88. The summed E-state index contributed by atoms with van der Waals surface area (Å²) in [6, 6.07) is 0. The Balaban J connectivity index is -0.000000720. The largest absolute Gasteiger partial charge is 1.00 e. The van der Waals surface area contributed by atoms with Crippen LogP contribution in [0.5, 0.6) is 0 Å². The van der Waals surface area contributed by atoms with Gasteiger partial charge in [-0.05, 0) is 6.42 Å². The Bertz CT molecular complexity index is 240. The predicted octanol–water partition coefficient (Wildman–Crippen LogP) is -2.86. The van der Waals surface area contributed by atoms with E-state index in [4.69, 9.17) is 15.3 Å². The molecule has 0 amide bonds. The van der Waals surface area contributed by atoms with E-state index in [9.17, 15) is 14.4 Å². The molecule has 6 nitrogen and oxygen atoms in total. The summed E-state index contributed by atoms with van der Waals surface area (Å²) in [6.45, 7) is 1.32. The third-order valence-corrected chi connectivity index (χ3v) is 1.88. The SMILES string of the molecule is CCC(CC(=O)O)(C(=O)O)C(=O)O.[H-].[Na+]. The minimum absolute atomic E-state index is 0. The summed E-state index contributed by atoms with van der Waals surface area (Å²) in [7, 11) is 0. The van der Waals surface area contributed by atoms with E-state index < -0.39 is 29.7 Å². The van der Waals surface area contributed by atoms with Gasteiger partial charge in [0.25, 0.3) is 0 Å². The van der Waals surface area contributed by atoms with Gasteiger partial charge >= 0.3 is 47.5 Å². The molecule has 0 unspecified atom stereocenters. The number of aliphatic carboxylic acids is 3. The molecule has 0 bridgehead atoms. The third kappa shape index (κ3) is 3.28. The zero-order valence-corrected chi connectivity index (χ0v) is 9.98. The van der Waals surface area contributed by atoms with Crippen LogP contribution in [-0.4, -0.2) is 33.2 Å². The number of hydrogen-bond acceptors (Lipinski definition) is 3. The maximum atomic E-state index is 10.6. The van der Waals surface area contributed by atoms with Gasteiger partial charge in [0.05, 0.1) is 6.42 Å². The first kappa shape index (κ1) is 15.9. The minimum Gasteiger partial charge on any atom is -1.00 e. The molecule has 14 heavy (non-hydrogen) atoms. The summed E-state index contributed by atoms with van der Waals surface area (Å²) in [5, 5.41) is 25.5. The molecular weight excluding hydrogens is 203 g/mol. The van der Waals surface area contributed by atoms with Crippen LogP contribution in [0.1, 0.15) is 21.2 Å². The minimum atomic E-state index is -2.20. The van der Waals surface area contributed by atoms with Gasteiger partial charge in [-0.2, -0.15) is 0 Å². The van der Waals surface area contributed by atoms with Gasteiger partial charge in [0.2, 0.25) is 0 Å². The Morgan fingerprint density at radius 1 is 1.14 bits per heavy atom. The summed E-state index contributed by atoms with van der Waals surface area (Å²) in [6.07, 6.45) is -1.17. The van der Waals surface area contributed by atoms with Gasteiger partial charge in [-0.3, -0.25) is 14.4 Å². The Kier molecular flexibility index (Phi) is 6.80. The van der Waals surface area contributed by atoms with Gasteiger partial charge in [-0.15, -0.1) is 0 Å². The second kappa shape index (κ2) is 6.00. The van der Waals surface area contributed by atoms with E-state index >= 15 is 0 Å². The number of carbonyl (C=O) groups is 3. The van der Waals surface area contributed by atoms with Gasteiger partial charge in [0, 0.05) is 0 Å². The van der Waals surface area contributed by atoms with Crippen molar-refractivity contribution in [2.75, 3.05) is 0 Å². The molecule has 0 atom stereocenters. The van der Waals surface area contributed by atoms with Crippen LogP contribution in [0.25, 0.3) is 0 Å². The van der Waals surface area contributed by atoms with Crippen LogP contribution in [0.4, 0.5) is 0 Å². The van der Waals surface area contributed by atoms with Crippen LogP contribution in [-0.2, 0) is 14.4 Å². The summed E-state index contributed by atoms with van der Waals surface area (Å²) in [5.74, 6) is -4.68. The molecule has 0 spiro atoms. The molecule has 0 aliphatic rings. The van der Waals surface area contributed by atoms with Gasteiger partial charge in [0.1, 0.15) is 0 Å². The van der Waals surface area contributed by atoms with Gasteiger partial charge in [-0.25, -0.2) is 0 Å². The fourth-order valence-corrected chi connectivity index (χ4v) is 0.928. The van der Waals surface area contributed by atoms with E-state index in [1.165, 1.54) is 6.92 Å². The molecule has 0 aromatic rings. The molecule has 0 aromatic carbocycles. The second-order valence-corrected chi connectivity index (χ2v) is 2.62. The summed E-state index contributed by atoms with van der Waals surface area (Å²) in [5.41, 5.74) is -2.20. The van der Waals surface area contributed by atoms with E-state index in [-0.39, 0.29) is 37.4 Å². The topological polar surface area (TPSA) is 112 Å². The Morgan fingerprint density at radius 3 is 1.57 bits per heavy atom. The van der Waals surface area contributed by atoms with Crippen molar-refractivity contribution >= 4 is 17.9 Å². The van der Waals surface area contributed by atoms with E-state index in [1.54, 1.807) is 0 Å². The standard InChI is InChI=1S/C7H10O6.Na.H/c1-2-7(5(10)11,6(12)13)3-4(8)9;;/h2-3H2,1H3,(H,8,9)(H,10,11)(H,12,13);;/q;+1;-1. The Hall–Kier alpha value is -0.590. The average Bonchev–Trinajstić information content (AvgIpc) is 1.98. The van der Waals surface area contributed by atoms with Crippen molar-refractivity contribution < 1.29 is 60.7 Å². The van der Waals surface area contributed by atoms with Crippen LogP contribution < -0.4 is 29.6 Å². The molecule has 0 saturated carbocycles. The molecule has 0 heterocycles. The van der Waals surface area contributed by atoms with Crippen molar-refractivity contribution in [3.63, 3.8) is 0 Å². The quantitative estimate of drug-likeness (QED) is 0.335. The molecule has 3 N–H and O–H groups in total. The first-order valence-electron chi connectivity index (χ1n) is 3.55. The molecule has 0 aliphatic heterocycles. The summed E-state index contributed by atoms with van der Waals surface area (Å²) >= 11 is 0. The van der Waals surface area contributed by atoms with Crippen LogP contribution >= 0.6 is 0 Å². The smallest absolute Gasteiger partial charge is 1.00 e. The van der Waals surface area contributed by atoms with E-state index in [2.05, 4.69) is 0 Å². The second-order valence-electron chi connectivity index (χ2n) is 2.62. The number of carboxylic acids is 3. The maximum Gasteiger partial charge on any atom is 1.00 e. The molecule has 7 heteroatoms. The molecule has 0 fully saturated rings. The van der Waals surface area contributed by atoms with Crippen LogP contribution in [0.15, 0.2) is 0 Å². The maximum absolute atomic E-state index is 10.6. The molecule has 0 aromatic heterocycles. The van der Waals surface area contributed by atoms with Gasteiger partial charge in [-0.1, -0.05) is 6.92 Å². The fraction of sp³-hybridized carbons (Fsp3) is 0.571. The molecule has 0 saturated heterocycles. The number of hydrogen-bond donors (Lipinski definition) is 3. The van der Waals surface area contributed by atoms with Gasteiger partial charge in [0.15, 0.2) is 5.41 Å².